The summed E-state index contributed by atoms with van der Waals surface area (Å²) in [4.78, 5) is 21.1. The van der Waals surface area contributed by atoms with Crippen LogP contribution in [0.2, 0.25) is 5.02 Å². The second-order valence-electron chi connectivity index (χ2n) is 8.93. The van der Waals surface area contributed by atoms with Crippen LogP contribution in [0.25, 0.3) is 0 Å². The van der Waals surface area contributed by atoms with Crippen molar-refractivity contribution in [1.29, 1.82) is 0 Å². The molecular formula is C25H34ClN3O3. The van der Waals surface area contributed by atoms with Crippen molar-refractivity contribution in [2.45, 2.75) is 51.7 Å². The summed E-state index contributed by atoms with van der Waals surface area (Å²) in [6.45, 7) is 6.71. The van der Waals surface area contributed by atoms with E-state index in [9.17, 15) is 9.90 Å². The highest BCUT2D eigenvalue weighted by atomic mass is 35.5. The van der Waals surface area contributed by atoms with Crippen LogP contribution in [-0.2, 0) is 11.3 Å². The van der Waals surface area contributed by atoms with E-state index in [1.165, 1.54) is 0 Å². The molecule has 1 saturated heterocycles. The molecule has 0 radical (unpaired) electrons. The van der Waals surface area contributed by atoms with Gasteiger partial charge in [-0.05, 0) is 75.5 Å². The number of hydrogen-bond acceptors (Lipinski definition) is 5. The summed E-state index contributed by atoms with van der Waals surface area (Å²) in [5.41, 5.74) is 1.97. The zero-order valence-corrected chi connectivity index (χ0v) is 20.1. The van der Waals surface area contributed by atoms with Gasteiger partial charge >= 0.3 is 0 Å². The van der Waals surface area contributed by atoms with E-state index in [0.29, 0.717) is 44.6 Å². The second kappa shape index (κ2) is 11.1. The highest BCUT2D eigenvalue weighted by Crippen LogP contribution is 2.28. The largest absolute Gasteiger partial charge is 0.491 e. The monoisotopic (exact) mass is 459 g/mol. The Balaban J connectivity index is 1.46. The van der Waals surface area contributed by atoms with Crippen molar-refractivity contribution in [3.05, 3.63) is 58.4 Å². The minimum atomic E-state index is -0.938. The molecular weight excluding hydrogens is 426 g/mol. The number of benzene rings is 1. The number of carbonyl (C=O) groups excluding carboxylic acids is 1. The number of pyridine rings is 1. The molecule has 1 fully saturated rings. The Hall–Kier alpha value is -2.15. The molecule has 3 rings (SSSR count). The summed E-state index contributed by atoms with van der Waals surface area (Å²) in [7, 11) is 2.00. The first-order valence-corrected chi connectivity index (χ1v) is 11.6. The van der Waals surface area contributed by atoms with Crippen LogP contribution < -0.4 is 4.74 Å². The molecule has 32 heavy (non-hydrogen) atoms. The van der Waals surface area contributed by atoms with Crippen LogP contribution in [-0.4, -0.2) is 64.7 Å². The van der Waals surface area contributed by atoms with E-state index in [4.69, 9.17) is 16.3 Å². The lowest BCUT2D eigenvalue weighted by Crippen LogP contribution is -2.39. The topological polar surface area (TPSA) is 65.9 Å². The van der Waals surface area contributed by atoms with Gasteiger partial charge in [0.1, 0.15) is 18.0 Å². The maximum absolute atomic E-state index is 12.8. The first-order chi connectivity index (χ1) is 15.3. The lowest BCUT2D eigenvalue weighted by molar-refractivity contribution is -0.131. The maximum Gasteiger partial charge on any atom is 0.223 e. The fourth-order valence-electron chi connectivity index (χ4n) is 4.07. The van der Waals surface area contributed by atoms with Gasteiger partial charge in [0.05, 0.1) is 5.69 Å². The molecule has 0 aliphatic carbocycles. The van der Waals surface area contributed by atoms with Crippen LogP contribution in [0.5, 0.6) is 5.75 Å². The minimum absolute atomic E-state index is 0.131. The van der Waals surface area contributed by atoms with Crippen molar-refractivity contribution in [2.24, 2.45) is 0 Å². The summed E-state index contributed by atoms with van der Waals surface area (Å²) in [6, 6.07) is 9.65. The lowest BCUT2D eigenvalue weighted by Gasteiger charge is -2.27. The lowest BCUT2D eigenvalue weighted by atomic mass is 9.96. The molecule has 1 atom stereocenters. The molecule has 0 spiro atoms. The standard InChI is InChI=1S/C25H34ClN3O3/c1-19-15-22(16-20(2)24(19)26)32-18-25(31)9-6-12-29(14-10-25)23(30)8-13-28(3)17-21-7-4-5-11-27-21/h4-5,7,11,15-16,31H,6,8-10,12-14,17-18H2,1-3H3. The predicted molar refractivity (Wildman–Crippen MR) is 127 cm³/mol. The third-order valence-corrected chi connectivity index (χ3v) is 6.65. The molecule has 0 bridgehead atoms. The van der Waals surface area contributed by atoms with Crippen LogP contribution >= 0.6 is 11.6 Å². The molecule has 1 amide bonds. The van der Waals surface area contributed by atoms with Crippen molar-refractivity contribution in [2.75, 3.05) is 33.3 Å². The average Bonchev–Trinajstić information content (AvgIpc) is 2.97. The highest BCUT2D eigenvalue weighted by Gasteiger charge is 2.32. The first kappa shape index (κ1) is 24.5. The zero-order chi connectivity index (χ0) is 23.1. The van der Waals surface area contributed by atoms with Crippen LogP contribution in [0.15, 0.2) is 36.5 Å². The summed E-state index contributed by atoms with van der Waals surface area (Å²) < 4.78 is 5.93. The number of aryl methyl sites for hydroxylation is 2. The summed E-state index contributed by atoms with van der Waals surface area (Å²) >= 11 is 6.23. The van der Waals surface area contributed by atoms with Crippen molar-refractivity contribution >= 4 is 17.5 Å². The number of carbonyl (C=O) groups is 1. The summed E-state index contributed by atoms with van der Waals surface area (Å²) in [5, 5.41) is 11.8. The number of likely N-dealkylation sites (tertiary alicyclic amines) is 1. The number of hydrogen-bond donors (Lipinski definition) is 1. The number of aliphatic hydroxyl groups is 1. The zero-order valence-electron chi connectivity index (χ0n) is 19.3. The van der Waals surface area contributed by atoms with Gasteiger partial charge in [-0.25, -0.2) is 0 Å². The number of ether oxygens (including phenoxy) is 1. The third kappa shape index (κ3) is 6.92. The second-order valence-corrected chi connectivity index (χ2v) is 9.31. The number of nitrogens with zero attached hydrogens (tertiary/aromatic N) is 3. The Morgan fingerprint density at radius 1 is 1.25 bits per heavy atom. The molecule has 1 unspecified atom stereocenters. The van der Waals surface area contributed by atoms with Gasteiger partial charge in [0.15, 0.2) is 0 Å². The van der Waals surface area contributed by atoms with Crippen molar-refractivity contribution < 1.29 is 14.6 Å². The normalized spacial score (nSPS) is 19.1. The molecule has 1 aromatic carbocycles. The third-order valence-electron chi connectivity index (χ3n) is 6.05. The molecule has 6 nitrogen and oxygen atoms in total. The van der Waals surface area contributed by atoms with Crippen LogP contribution in [0.1, 0.15) is 42.5 Å². The van der Waals surface area contributed by atoms with E-state index in [0.717, 1.165) is 34.8 Å². The van der Waals surface area contributed by atoms with Gasteiger partial charge in [0.2, 0.25) is 5.91 Å². The summed E-state index contributed by atoms with van der Waals surface area (Å²) in [6.07, 6.45) is 4.12. The Kier molecular flexibility index (Phi) is 8.51. The quantitative estimate of drug-likeness (QED) is 0.646. The smallest absolute Gasteiger partial charge is 0.223 e. The van der Waals surface area contributed by atoms with E-state index >= 15 is 0 Å². The van der Waals surface area contributed by atoms with Crippen LogP contribution in [0.3, 0.4) is 0 Å². The van der Waals surface area contributed by atoms with Gasteiger partial charge in [-0.15, -0.1) is 0 Å². The molecule has 7 heteroatoms. The van der Waals surface area contributed by atoms with E-state index < -0.39 is 5.60 Å². The molecule has 174 valence electrons. The average molecular weight is 460 g/mol. The fraction of sp³-hybridized carbons (Fsp3) is 0.520. The Morgan fingerprint density at radius 2 is 2.00 bits per heavy atom. The number of halogens is 1. The molecule has 2 aromatic rings. The molecule has 0 saturated carbocycles. The van der Waals surface area contributed by atoms with E-state index in [1.807, 2.05) is 56.1 Å². The SMILES string of the molecule is Cc1cc(OCC2(O)CCCN(C(=O)CCN(C)Cc3ccccn3)CC2)cc(C)c1Cl. The molecule has 1 aliphatic heterocycles. The summed E-state index contributed by atoms with van der Waals surface area (Å²) in [5.74, 6) is 0.845. The van der Waals surface area contributed by atoms with Crippen LogP contribution in [0, 0.1) is 13.8 Å². The van der Waals surface area contributed by atoms with Gasteiger partial charge in [0, 0.05) is 43.8 Å². The number of rotatable bonds is 8. The predicted octanol–water partition coefficient (Wildman–Crippen LogP) is 4.00. The van der Waals surface area contributed by atoms with E-state index in [-0.39, 0.29) is 12.5 Å². The Morgan fingerprint density at radius 3 is 2.69 bits per heavy atom. The van der Waals surface area contributed by atoms with Gasteiger partial charge < -0.3 is 19.6 Å². The van der Waals surface area contributed by atoms with Crippen molar-refractivity contribution in [3.8, 4) is 5.75 Å². The van der Waals surface area contributed by atoms with Gasteiger partial charge in [-0.1, -0.05) is 17.7 Å². The van der Waals surface area contributed by atoms with E-state index in [2.05, 4.69) is 9.88 Å². The molecule has 2 heterocycles. The first-order valence-electron chi connectivity index (χ1n) is 11.2. The van der Waals surface area contributed by atoms with Crippen LogP contribution in [0.4, 0.5) is 0 Å². The number of amides is 1. The Labute approximate surface area is 196 Å². The Bertz CT molecular complexity index is 886. The van der Waals surface area contributed by atoms with Crippen molar-refractivity contribution in [1.82, 2.24) is 14.8 Å². The molecule has 1 aromatic heterocycles. The van der Waals surface area contributed by atoms with Gasteiger partial charge in [-0.2, -0.15) is 0 Å². The molecule has 1 N–H and O–H groups in total. The minimum Gasteiger partial charge on any atom is -0.491 e. The van der Waals surface area contributed by atoms with Gasteiger partial charge in [0.25, 0.3) is 0 Å². The maximum atomic E-state index is 12.8. The van der Waals surface area contributed by atoms with Crippen molar-refractivity contribution in [3.63, 3.8) is 0 Å². The fourth-order valence-corrected chi connectivity index (χ4v) is 4.18. The van der Waals surface area contributed by atoms with Gasteiger partial charge in [-0.3, -0.25) is 9.78 Å². The molecule has 1 aliphatic rings. The highest BCUT2D eigenvalue weighted by molar-refractivity contribution is 6.32. The van der Waals surface area contributed by atoms with E-state index in [1.54, 1.807) is 6.20 Å². The number of aromatic nitrogens is 1.